The minimum absolute atomic E-state index is 0.0863. The fraction of sp³-hybridized carbons (Fsp3) is 0.897. The van der Waals surface area contributed by atoms with Gasteiger partial charge in [0.05, 0.1) is 52.8 Å². The molecule has 0 saturated heterocycles. The Morgan fingerprint density at radius 3 is 1.79 bits per heavy atom. The minimum atomic E-state index is -0.572. The van der Waals surface area contributed by atoms with Crippen LogP contribution in [-0.2, 0) is 38.0 Å². The molecule has 0 heterocycles. The Bertz CT molecular complexity index is 681. The van der Waals surface area contributed by atoms with Crippen LogP contribution in [0.1, 0.15) is 71.1 Å². The minimum Gasteiger partial charge on any atom is -0.460 e. The van der Waals surface area contributed by atoms with Crippen molar-refractivity contribution in [1.82, 2.24) is 10.6 Å². The Morgan fingerprint density at radius 2 is 1.19 bits per heavy atom. The van der Waals surface area contributed by atoms with Gasteiger partial charge in [-0.1, -0.05) is 38.5 Å². The lowest BCUT2D eigenvalue weighted by Gasteiger charge is -2.25. The van der Waals surface area contributed by atoms with Gasteiger partial charge in [-0.05, 0) is 31.6 Å². The van der Waals surface area contributed by atoms with Crippen LogP contribution in [0.5, 0.6) is 0 Å². The van der Waals surface area contributed by atoms with Crippen molar-refractivity contribution >= 4 is 29.8 Å². The van der Waals surface area contributed by atoms with Crippen molar-refractivity contribution in [3.63, 3.8) is 0 Å². The molecule has 1 aliphatic rings. The standard InChI is InChI=1S/C29H53ClN2O10/c1-25(33)42-27(26-10-6-2-3-7-11-26)24-32-29(35)41-23-21-39-19-18-38-20-22-40-28(34)31-13-15-37-17-16-36-14-9-5-4-8-12-30/h26-27H,2-24H2,1H3,(H,31,34)(H,32,35). The number of alkyl halides is 1. The summed E-state index contributed by atoms with van der Waals surface area (Å²) >= 11 is 5.64. The summed E-state index contributed by atoms with van der Waals surface area (Å²) in [5.74, 6) is 0.622. The molecule has 1 saturated carbocycles. The van der Waals surface area contributed by atoms with Gasteiger partial charge in [0.2, 0.25) is 0 Å². The predicted molar refractivity (Wildman–Crippen MR) is 158 cm³/mol. The number of nitrogens with one attached hydrogen (secondary N) is 2. The Hall–Kier alpha value is -1.86. The maximum absolute atomic E-state index is 12.0. The first-order valence-corrected chi connectivity index (χ1v) is 15.9. The highest BCUT2D eigenvalue weighted by Crippen LogP contribution is 2.27. The van der Waals surface area contributed by atoms with Gasteiger partial charge in [-0.25, -0.2) is 9.59 Å². The second kappa shape index (κ2) is 27.9. The number of amides is 2. The Balaban J connectivity index is 1.88. The number of alkyl carbamates (subject to hydrolysis) is 2. The number of hydrogen-bond acceptors (Lipinski definition) is 10. The van der Waals surface area contributed by atoms with Gasteiger partial charge >= 0.3 is 18.2 Å². The van der Waals surface area contributed by atoms with E-state index < -0.39 is 12.2 Å². The SMILES string of the molecule is CC(=O)OC(CNC(=O)OCCOCCOCCOC(=O)NCCOCCOCCCCCCCl)C1CCCCCC1. The second-order valence-electron chi connectivity index (χ2n) is 10.0. The van der Waals surface area contributed by atoms with Crippen LogP contribution < -0.4 is 10.6 Å². The van der Waals surface area contributed by atoms with Gasteiger partial charge < -0.3 is 43.8 Å². The molecule has 2 N–H and O–H groups in total. The summed E-state index contributed by atoms with van der Waals surface area (Å²) in [4.78, 5) is 35.2. The van der Waals surface area contributed by atoms with E-state index in [1.807, 2.05) is 0 Å². The zero-order chi connectivity index (χ0) is 30.5. The van der Waals surface area contributed by atoms with Gasteiger partial charge in [-0.3, -0.25) is 4.79 Å². The summed E-state index contributed by atoms with van der Waals surface area (Å²) in [6.45, 7) is 5.35. The average molecular weight is 625 g/mol. The zero-order valence-corrected chi connectivity index (χ0v) is 26.1. The number of esters is 1. The van der Waals surface area contributed by atoms with Crippen molar-refractivity contribution in [2.45, 2.75) is 77.2 Å². The van der Waals surface area contributed by atoms with E-state index in [2.05, 4.69) is 10.6 Å². The topological polar surface area (TPSA) is 140 Å². The summed E-state index contributed by atoms with van der Waals surface area (Å²) in [6.07, 6.45) is 9.48. The van der Waals surface area contributed by atoms with Gasteiger partial charge in [0.15, 0.2) is 0 Å². The lowest BCUT2D eigenvalue weighted by molar-refractivity contribution is -0.149. The van der Waals surface area contributed by atoms with E-state index >= 15 is 0 Å². The summed E-state index contributed by atoms with van der Waals surface area (Å²) in [6, 6.07) is 0. The van der Waals surface area contributed by atoms with E-state index in [1.165, 1.54) is 19.8 Å². The van der Waals surface area contributed by atoms with Gasteiger partial charge in [0.25, 0.3) is 0 Å². The normalized spacial score (nSPS) is 14.5. The monoisotopic (exact) mass is 624 g/mol. The predicted octanol–water partition coefficient (Wildman–Crippen LogP) is 4.21. The van der Waals surface area contributed by atoms with E-state index in [-0.39, 0.29) is 51.0 Å². The van der Waals surface area contributed by atoms with Crippen LogP contribution >= 0.6 is 11.6 Å². The van der Waals surface area contributed by atoms with E-state index in [4.69, 9.17) is 44.8 Å². The van der Waals surface area contributed by atoms with Crippen LogP contribution in [0.2, 0.25) is 0 Å². The fourth-order valence-electron chi connectivity index (χ4n) is 4.39. The molecular weight excluding hydrogens is 572 g/mol. The van der Waals surface area contributed by atoms with Gasteiger partial charge in [-0.15, -0.1) is 11.6 Å². The third-order valence-corrected chi connectivity index (χ3v) is 6.81. The van der Waals surface area contributed by atoms with Crippen LogP contribution in [0, 0.1) is 5.92 Å². The Labute approximate surface area is 256 Å². The Morgan fingerprint density at radius 1 is 0.667 bits per heavy atom. The molecule has 1 aliphatic carbocycles. The summed E-state index contributed by atoms with van der Waals surface area (Å²) in [5.41, 5.74) is 0. The molecule has 0 aromatic carbocycles. The van der Waals surface area contributed by atoms with Crippen molar-refractivity contribution in [2.24, 2.45) is 5.92 Å². The molecule has 0 bridgehead atoms. The molecule has 1 rings (SSSR count). The first kappa shape index (κ1) is 38.2. The lowest BCUT2D eigenvalue weighted by atomic mass is 9.94. The summed E-state index contributed by atoms with van der Waals surface area (Å²) < 4.78 is 37.2. The van der Waals surface area contributed by atoms with E-state index in [0.717, 1.165) is 58.0 Å². The highest BCUT2D eigenvalue weighted by molar-refractivity contribution is 6.17. The third-order valence-electron chi connectivity index (χ3n) is 6.54. The van der Waals surface area contributed by atoms with Crippen molar-refractivity contribution < 1.29 is 47.5 Å². The van der Waals surface area contributed by atoms with Crippen molar-refractivity contribution in [2.75, 3.05) is 85.0 Å². The maximum Gasteiger partial charge on any atom is 0.407 e. The van der Waals surface area contributed by atoms with Crippen LogP contribution in [0.15, 0.2) is 0 Å². The highest BCUT2D eigenvalue weighted by Gasteiger charge is 2.26. The van der Waals surface area contributed by atoms with Crippen molar-refractivity contribution in [1.29, 1.82) is 0 Å². The number of unbranched alkanes of at least 4 members (excludes halogenated alkanes) is 3. The average Bonchev–Trinajstić information content (AvgIpc) is 3.26. The molecule has 2 amide bonds. The summed E-state index contributed by atoms with van der Waals surface area (Å²) in [5, 5.41) is 5.30. The quantitative estimate of drug-likeness (QED) is 0.0499. The molecule has 1 unspecified atom stereocenters. The van der Waals surface area contributed by atoms with E-state index in [9.17, 15) is 14.4 Å². The maximum atomic E-state index is 12.0. The molecule has 0 aliphatic heterocycles. The number of carbonyl (C=O) groups excluding carboxylic acids is 3. The molecular formula is C29H53ClN2O10. The number of ether oxygens (including phenoxy) is 7. The fourth-order valence-corrected chi connectivity index (χ4v) is 4.58. The van der Waals surface area contributed by atoms with Gasteiger partial charge in [0, 0.05) is 26.0 Å². The largest absolute Gasteiger partial charge is 0.460 e. The number of carbonyl (C=O) groups is 3. The molecule has 1 atom stereocenters. The van der Waals surface area contributed by atoms with Crippen LogP contribution in [-0.4, -0.2) is 109 Å². The second-order valence-corrected chi connectivity index (χ2v) is 10.4. The summed E-state index contributed by atoms with van der Waals surface area (Å²) in [7, 11) is 0. The number of halogens is 1. The number of rotatable bonds is 25. The van der Waals surface area contributed by atoms with Gasteiger partial charge in [0.1, 0.15) is 19.3 Å². The number of hydrogen-bond donors (Lipinski definition) is 2. The molecule has 0 aromatic rings. The first-order valence-electron chi connectivity index (χ1n) is 15.4. The molecule has 246 valence electrons. The first-order chi connectivity index (χ1) is 20.5. The van der Waals surface area contributed by atoms with Crippen LogP contribution in [0.3, 0.4) is 0 Å². The highest BCUT2D eigenvalue weighted by atomic mass is 35.5. The molecule has 0 aromatic heterocycles. The molecule has 0 spiro atoms. The van der Waals surface area contributed by atoms with Crippen LogP contribution in [0.4, 0.5) is 9.59 Å². The molecule has 12 nitrogen and oxygen atoms in total. The Kier molecular flexibility index (Phi) is 25.4. The zero-order valence-electron chi connectivity index (χ0n) is 25.4. The van der Waals surface area contributed by atoms with E-state index in [0.29, 0.717) is 45.5 Å². The third kappa shape index (κ3) is 23.7. The molecule has 1 fully saturated rings. The van der Waals surface area contributed by atoms with Crippen molar-refractivity contribution in [3.05, 3.63) is 0 Å². The van der Waals surface area contributed by atoms with Crippen molar-refractivity contribution in [3.8, 4) is 0 Å². The molecule has 0 radical (unpaired) electrons. The van der Waals surface area contributed by atoms with E-state index in [1.54, 1.807) is 0 Å². The molecule has 42 heavy (non-hydrogen) atoms. The van der Waals surface area contributed by atoms with Gasteiger partial charge in [-0.2, -0.15) is 0 Å². The molecule has 13 heteroatoms. The lowest BCUT2D eigenvalue weighted by Crippen LogP contribution is -2.39. The van der Waals surface area contributed by atoms with Crippen LogP contribution in [0.25, 0.3) is 0 Å². The smallest absolute Gasteiger partial charge is 0.407 e.